The van der Waals surface area contributed by atoms with Gasteiger partial charge in [-0.2, -0.15) is 0 Å². The van der Waals surface area contributed by atoms with Crippen LogP contribution in [0.5, 0.6) is 0 Å². The zero-order chi connectivity index (χ0) is 34.7. The number of esters is 1. The molecule has 6 rings (SSSR count). The summed E-state index contributed by atoms with van der Waals surface area (Å²) in [6.45, 7) is 11.7. The lowest BCUT2D eigenvalue weighted by Crippen LogP contribution is -2.71. The van der Waals surface area contributed by atoms with Crippen molar-refractivity contribution in [3.8, 4) is 0 Å². The van der Waals surface area contributed by atoms with Gasteiger partial charge in [-0.1, -0.05) is 46.3 Å². The molecule has 47 heavy (non-hydrogen) atoms. The molecule has 0 bridgehead atoms. The molecule has 1 heterocycles. The van der Waals surface area contributed by atoms with E-state index in [0.717, 1.165) is 24.8 Å². The first kappa shape index (κ1) is 35.7. The molecule has 5 fully saturated rings. The van der Waals surface area contributed by atoms with E-state index in [4.69, 9.17) is 9.47 Å². The number of hydrogen-bond donors (Lipinski definition) is 8. The fourth-order valence-corrected chi connectivity index (χ4v) is 12.3. The maximum Gasteiger partial charge on any atom is 0.317 e. The summed E-state index contributed by atoms with van der Waals surface area (Å²) in [6, 6.07) is 0. The van der Waals surface area contributed by atoms with Crippen LogP contribution in [-0.2, 0) is 14.3 Å². The van der Waals surface area contributed by atoms with Crippen molar-refractivity contribution < 1.29 is 55.1 Å². The maximum absolute atomic E-state index is 14.5. The van der Waals surface area contributed by atoms with Gasteiger partial charge in [0.05, 0.1) is 31.0 Å². The Labute approximate surface area is 278 Å². The van der Waals surface area contributed by atoms with E-state index in [2.05, 4.69) is 26.8 Å². The third-order valence-corrected chi connectivity index (χ3v) is 15.7. The second kappa shape index (κ2) is 11.4. The first-order valence-electron chi connectivity index (χ1n) is 17.7. The number of carbonyl (C=O) groups is 1. The summed E-state index contributed by atoms with van der Waals surface area (Å²) in [6.07, 6.45) is -3.06. The summed E-state index contributed by atoms with van der Waals surface area (Å²) in [4.78, 5) is 14.5. The van der Waals surface area contributed by atoms with Crippen LogP contribution in [0.15, 0.2) is 11.6 Å². The summed E-state index contributed by atoms with van der Waals surface area (Å²) in [5.74, 6) is -1.59. The molecule has 0 radical (unpaired) electrons. The standard InChI is InChI=1S/C36H58O11/c1-18-9-14-36(30(44)47-29-27(43)26(42)25(41)20(16-37)46-29)24(40)15-34(5)19(28(36)35(18,6)45)7-8-22-31(2)12-11-23(39)32(3,17-38)21(31)10-13-33(22,34)4/h7,18,20-29,37-43,45H,8-17H2,1-6H3. The molecule has 0 amide bonds. The first-order valence-corrected chi connectivity index (χ1v) is 17.7. The average Bonchev–Trinajstić information content (AvgIpc) is 3.01. The summed E-state index contributed by atoms with van der Waals surface area (Å²) < 4.78 is 11.3. The van der Waals surface area contributed by atoms with Crippen LogP contribution >= 0.6 is 0 Å². The topological polar surface area (TPSA) is 197 Å². The Balaban J connectivity index is 1.42. The van der Waals surface area contributed by atoms with Gasteiger partial charge in [0.15, 0.2) is 0 Å². The minimum Gasteiger partial charge on any atom is -0.432 e. The predicted octanol–water partition coefficient (Wildman–Crippen LogP) is 1.41. The molecular weight excluding hydrogens is 608 g/mol. The van der Waals surface area contributed by atoms with E-state index in [1.165, 1.54) is 0 Å². The van der Waals surface area contributed by atoms with Crippen molar-refractivity contribution in [1.82, 2.24) is 0 Å². The van der Waals surface area contributed by atoms with Gasteiger partial charge in [0.1, 0.15) is 29.8 Å². The molecule has 4 saturated carbocycles. The van der Waals surface area contributed by atoms with Gasteiger partial charge >= 0.3 is 5.97 Å². The molecular formula is C36H58O11. The average molecular weight is 667 g/mol. The van der Waals surface area contributed by atoms with Crippen LogP contribution in [0.1, 0.15) is 92.9 Å². The molecule has 268 valence electrons. The molecule has 11 nitrogen and oxygen atoms in total. The van der Waals surface area contributed by atoms with Gasteiger partial charge in [0.25, 0.3) is 0 Å². The molecule has 11 heteroatoms. The smallest absolute Gasteiger partial charge is 0.317 e. The fourth-order valence-electron chi connectivity index (χ4n) is 12.3. The van der Waals surface area contributed by atoms with Crippen LogP contribution in [-0.4, -0.2) is 109 Å². The second-order valence-corrected chi connectivity index (χ2v) is 17.5. The monoisotopic (exact) mass is 666 g/mol. The Morgan fingerprint density at radius 3 is 2.21 bits per heavy atom. The summed E-state index contributed by atoms with van der Waals surface area (Å²) in [7, 11) is 0. The van der Waals surface area contributed by atoms with E-state index in [1.54, 1.807) is 6.92 Å². The summed E-state index contributed by atoms with van der Waals surface area (Å²) >= 11 is 0. The molecule has 17 unspecified atom stereocenters. The molecule has 17 atom stereocenters. The quantitative estimate of drug-likeness (QED) is 0.160. The molecule has 0 spiro atoms. The van der Waals surface area contributed by atoms with Crippen molar-refractivity contribution in [3.05, 3.63) is 11.6 Å². The number of fused-ring (bicyclic) bond motifs is 7. The lowest BCUT2D eigenvalue weighted by atomic mass is 9.32. The number of ether oxygens (including phenoxy) is 2. The molecule has 0 aromatic heterocycles. The van der Waals surface area contributed by atoms with Crippen molar-refractivity contribution in [2.75, 3.05) is 13.2 Å². The molecule has 1 saturated heterocycles. The predicted molar refractivity (Wildman–Crippen MR) is 169 cm³/mol. The highest BCUT2D eigenvalue weighted by atomic mass is 16.7. The molecule has 0 aromatic carbocycles. The minimum atomic E-state index is -1.79. The zero-order valence-corrected chi connectivity index (χ0v) is 28.8. The van der Waals surface area contributed by atoms with Crippen molar-refractivity contribution in [2.45, 2.75) is 141 Å². The third kappa shape index (κ3) is 4.53. The maximum atomic E-state index is 14.5. The van der Waals surface area contributed by atoms with Crippen LogP contribution < -0.4 is 0 Å². The van der Waals surface area contributed by atoms with Crippen LogP contribution in [0, 0.1) is 50.7 Å². The zero-order valence-electron chi connectivity index (χ0n) is 28.8. The molecule has 8 N–H and O–H groups in total. The largest absolute Gasteiger partial charge is 0.432 e. The highest BCUT2D eigenvalue weighted by Gasteiger charge is 2.74. The van der Waals surface area contributed by atoms with E-state index >= 15 is 0 Å². The Hall–Kier alpha value is -1.15. The normalized spacial score (nSPS) is 57.5. The van der Waals surface area contributed by atoms with Gasteiger partial charge in [-0.05, 0) is 92.3 Å². The number of rotatable bonds is 4. The fraction of sp³-hybridized carbons (Fsp3) is 0.917. The number of carbonyl (C=O) groups excluding carboxylic acids is 1. The SMILES string of the molecule is CC1CCC2(C(=O)OC3OC(CO)C(O)C(O)C3O)C(O)CC3(C)C(=CCC4C5(C)CCC(O)C(C)(CO)C5CCC43C)C2C1(C)O. The van der Waals surface area contributed by atoms with Crippen LogP contribution in [0.2, 0.25) is 0 Å². The Morgan fingerprint density at radius 2 is 1.57 bits per heavy atom. The summed E-state index contributed by atoms with van der Waals surface area (Å²) in [5, 5.41) is 87.4. The lowest BCUT2D eigenvalue weighted by molar-refractivity contribution is -0.302. The number of aliphatic hydroxyl groups excluding tert-OH is 7. The highest BCUT2D eigenvalue weighted by Crippen LogP contribution is 2.76. The first-order chi connectivity index (χ1) is 21.8. The van der Waals surface area contributed by atoms with Gasteiger partial charge in [-0.3, -0.25) is 4.79 Å². The Morgan fingerprint density at radius 1 is 0.894 bits per heavy atom. The van der Waals surface area contributed by atoms with E-state index < -0.39 is 83.3 Å². The van der Waals surface area contributed by atoms with Crippen molar-refractivity contribution in [1.29, 1.82) is 0 Å². The van der Waals surface area contributed by atoms with Crippen LogP contribution in [0.25, 0.3) is 0 Å². The number of allylic oxidation sites excluding steroid dienone is 1. The Bertz CT molecular complexity index is 1270. The lowest BCUT2D eigenvalue weighted by Gasteiger charge is -2.72. The Kier molecular flexibility index (Phi) is 8.68. The van der Waals surface area contributed by atoms with Gasteiger partial charge in [-0.25, -0.2) is 0 Å². The van der Waals surface area contributed by atoms with Crippen molar-refractivity contribution in [2.24, 2.45) is 50.7 Å². The second-order valence-electron chi connectivity index (χ2n) is 17.5. The van der Waals surface area contributed by atoms with Gasteiger partial charge in [0, 0.05) is 11.3 Å². The number of hydrogen-bond acceptors (Lipinski definition) is 11. The van der Waals surface area contributed by atoms with E-state index in [-0.39, 0.29) is 48.0 Å². The molecule has 5 aliphatic carbocycles. The molecule has 0 aromatic rings. The highest BCUT2D eigenvalue weighted by molar-refractivity contribution is 5.80. The summed E-state index contributed by atoms with van der Waals surface area (Å²) in [5.41, 5.74) is -3.77. The van der Waals surface area contributed by atoms with E-state index in [9.17, 15) is 45.6 Å². The van der Waals surface area contributed by atoms with Gasteiger partial charge in [0.2, 0.25) is 6.29 Å². The molecule has 6 aliphatic rings. The van der Waals surface area contributed by atoms with Gasteiger partial charge in [-0.15, -0.1) is 0 Å². The van der Waals surface area contributed by atoms with Crippen LogP contribution in [0.3, 0.4) is 0 Å². The third-order valence-electron chi connectivity index (χ3n) is 15.7. The van der Waals surface area contributed by atoms with Crippen molar-refractivity contribution in [3.63, 3.8) is 0 Å². The number of aliphatic hydroxyl groups is 8. The van der Waals surface area contributed by atoms with E-state index in [0.29, 0.717) is 19.3 Å². The van der Waals surface area contributed by atoms with E-state index in [1.807, 2.05) is 13.8 Å². The van der Waals surface area contributed by atoms with Gasteiger partial charge < -0.3 is 50.3 Å². The van der Waals surface area contributed by atoms with Crippen LogP contribution in [0.4, 0.5) is 0 Å². The minimum absolute atomic E-state index is 0.0865. The molecule has 1 aliphatic heterocycles. The van der Waals surface area contributed by atoms with Crippen molar-refractivity contribution >= 4 is 5.97 Å².